The van der Waals surface area contributed by atoms with E-state index >= 15 is 0 Å². The normalized spacial score (nSPS) is 10.0. The Morgan fingerprint density at radius 3 is 2.43 bits per heavy atom. The van der Waals surface area contributed by atoms with Crippen LogP contribution < -0.4 is 10.6 Å². The molecule has 0 saturated carbocycles. The third kappa shape index (κ3) is 4.93. The molecule has 23 heavy (non-hydrogen) atoms. The summed E-state index contributed by atoms with van der Waals surface area (Å²) in [5.41, 5.74) is 1.62. The average Bonchev–Trinajstić information content (AvgIpc) is 3.03. The van der Waals surface area contributed by atoms with Gasteiger partial charge in [-0.05, 0) is 42.0 Å². The van der Waals surface area contributed by atoms with Crippen molar-refractivity contribution in [1.29, 1.82) is 0 Å². The minimum atomic E-state index is -0.416. The van der Waals surface area contributed by atoms with Crippen molar-refractivity contribution < 1.29 is 14.0 Å². The number of nitrogens with zero attached hydrogens (tertiary/aromatic N) is 1. The summed E-state index contributed by atoms with van der Waals surface area (Å²) in [5.74, 6) is -0.195. The minimum absolute atomic E-state index is 0.0342. The molecule has 1 aromatic carbocycles. The first-order valence-corrected chi connectivity index (χ1v) is 7.31. The van der Waals surface area contributed by atoms with E-state index in [4.69, 9.17) is 16.6 Å². The molecule has 0 unspecified atom stereocenters. The van der Waals surface area contributed by atoms with Crippen molar-refractivity contribution in [1.82, 2.24) is 10.2 Å². The van der Waals surface area contributed by atoms with Gasteiger partial charge in [-0.2, -0.15) is 0 Å². The summed E-state index contributed by atoms with van der Waals surface area (Å²) in [6.45, 7) is 0. The number of benzene rings is 1. The summed E-state index contributed by atoms with van der Waals surface area (Å²) in [7, 11) is 3.44. The molecule has 2 amide bonds. The summed E-state index contributed by atoms with van der Waals surface area (Å²) in [6.07, 6.45) is 1.76. The lowest BCUT2D eigenvalue weighted by Gasteiger charge is -2.11. The Hall–Kier alpha value is -2.67. The lowest BCUT2D eigenvalue weighted by Crippen LogP contribution is -2.33. The topological polar surface area (TPSA) is 74.6 Å². The van der Waals surface area contributed by atoms with Crippen molar-refractivity contribution in [3.8, 4) is 0 Å². The number of hydrogen-bond donors (Lipinski definition) is 2. The lowest BCUT2D eigenvalue weighted by atomic mass is 10.1. The molecule has 0 saturated heterocycles. The monoisotopic (exact) mass is 331 g/mol. The summed E-state index contributed by atoms with van der Waals surface area (Å²) < 4.78 is 4.98. The van der Waals surface area contributed by atoms with Crippen LogP contribution in [0.15, 0.2) is 47.1 Å². The van der Waals surface area contributed by atoms with Crippen molar-refractivity contribution in [3.05, 3.63) is 54.0 Å². The molecule has 1 heterocycles. The predicted molar refractivity (Wildman–Crippen MR) is 91.2 cm³/mol. The van der Waals surface area contributed by atoms with Crippen LogP contribution in [-0.2, 0) is 11.2 Å². The number of likely N-dealkylation sites (N-methyl/N-ethyl adjacent to an activating group) is 1. The molecule has 0 spiro atoms. The summed E-state index contributed by atoms with van der Waals surface area (Å²) in [5, 5.41) is 5.59. The van der Waals surface area contributed by atoms with Crippen molar-refractivity contribution in [3.63, 3.8) is 0 Å². The third-order valence-corrected chi connectivity index (χ3v) is 3.24. The van der Waals surface area contributed by atoms with Gasteiger partial charge in [0.1, 0.15) is 0 Å². The van der Waals surface area contributed by atoms with Crippen molar-refractivity contribution in [2.45, 2.75) is 6.42 Å². The Labute approximate surface area is 139 Å². The molecule has 0 radical (unpaired) electrons. The van der Waals surface area contributed by atoms with Crippen LogP contribution in [0.25, 0.3) is 0 Å². The van der Waals surface area contributed by atoms with E-state index in [0.717, 1.165) is 11.3 Å². The van der Waals surface area contributed by atoms with Crippen LogP contribution >= 0.6 is 12.2 Å². The van der Waals surface area contributed by atoms with Crippen molar-refractivity contribution >= 4 is 34.8 Å². The average molecular weight is 331 g/mol. The number of carbonyl (C=O) groups is 2. The third-order valence-electron chi connectivity index (χ3n) is 3.04. The maximum atomic E-state index is 11.8. The van der Waals surface area contributed by atoms with E-state index in [9.17, 15) is 9.59 Å². The molecule has 6 nitrogen and oxygen atoms in total. The van der Waals surface area contributed by atoms with E-state index in [1.165, 1.54) is 6.26 Å². The zero-order valence-corrected chi connectivity index (χ0v) is 13.6. The van der Waals surface area contributed by atoms with Gasteiger partial charge in [0.15, 0.2) is 10.9 Å². The van der Waals surface area contributed by atoms with E-state index in [0.29, 0.717) is 6.42 Å². The maximum Gasteiger partial charge on any atom is 0.293 e. The highest BCUT2D eigenvalue weighted by atomic mass is 32.1. The van der Waals surface area contributed by atoms with Gasteiger partial charge in [0.2, 0.25) is 5.91 Å². The van der Waals surface area contributed by atoms with Crippen molar-refractivity contribution in [2.75, 3.05) is 19.4 Å². The van der Waals surface area contributed by atoms with Gasteiger partial charge in [0, 0.05) is 19.8 Å². The van der Waals surface area contributed by atoms with Crippen LogP contribution in [-0.4, -0.2) is 35.9 Å². The molecule has 2 N–H and O–H groups in total. The molecule has 2 rings (SSSR count). The summed E-state index contributed by atoms with van der Waals surface area (Å²) in [4.78, 5) is 25.0. The number of amides is 2. The summed E-state index contributed by atoms with van der Waals surface area (Å²) in [6, 6.07) is 10.4. The molecule has 7 heteroatoms. The van der Waals surface area contributed by atoms with E-state index in [1.807, 2.05) is 12.1 Å². The van der Waals surface area contributed by atoms with E-state index < -0.39 is 5.91 Å². The standard InChI is InChI=1S/C16H17N3O3S/c1-19(2)14(20)10-11-5-7-12(8-6-11)17-16(23)18-15(21)13-4-3-9-22-13/h3-9H,10H2,1-2H3,(H2,17,18,21,23). The highest BCUT2D eigenvalue weighted by Crippen LogP contribution is 2.11. The number of nitrogens with one attached hydrogen (secondary N) is 2. The van der Waals surface area contributed by atoms with Crippen LogP contribution in [0, 0.1) is 0 Å². The Bertz CT molecular complexity index is 694. The van der Waals surface area contributed by atoms with Gasteiger partial charge in [0.05, 0.1) is 12.7 Å². The second-order valence-corrected chi connectivity index (χ2v) is 5.46. The number of thiocarbonyl (C=S) groups is 1. The van der Waals surface area contributed by atoms with E-state index in [-0.39, 0.29) is 16.8 Å². The molecule has 1 aromatic heterocycles. The second kappa shape index (κ2) is 7.55. The van der Waals surface area contributed by atoms with Crippen LogP contribution in [0.3, 0.4) is 0 Å². The first-order valence-electron chi connectivity index (χ1n) is 6.90. The van der Waals surface area contributed by atoms with Gasteiger partial charge in [0.25, 0.3) is 5.91 Å². The molecule has 0 bridgehead atoms. The Morgan fingerprint density at radius 2 is 1.87 bits per heavy atom. The fourth-order valence-corrected chi connectivity index (χ4v) is 1.98. The number of rotatable bonds is 4. The first kappa shape index (κ1) is 16.7. The highest BCUT2D eigenvalue weighted by Gasteiger charge is 2.10. The Balaban J connectivity index is 1.89. The van der Waals surface area contributed by atoms with Crippen molar-refractivity contribution in [2.24, 2.45) is 0 Å². The maximum absolute atomic E-state index is 11.8. The molecule has 0 fully saturated rings. The molecule has 2 aromatic rings. The van der Waals surface area contributed by atoms with Crippen LogP contribution in [0.2, 0.25) is 0 Å². The van der Waals surface area contributed by atoms with Gasteiger partial charge < -0.3 is 14.6 Å². The molecule has 0 aliphatic heterocycles. The molecule has 0 atom stereocenters. The first-order chi connectivity index (χ1) is 11.0. The highest BCUT2D eigenvalue weighted by molar-refractivity contribution is 7.80. The minimum Gasteiger partial charge on any atom is -0.459 e. The summed E-state index contributed by atoms with van der Waals surface area (Å²) >= 11 is 5.08. The van der Waals surface area contributed by atoms with Gasteiger partial charge in [-0.15, -0.1) is 0 Å². The van der Waals surface area contributed by atoms with Crippen LogP contribution in [0.5, 0.6) is 0 Å². The smallest absolute Gasteiger partial charge is 0.293 e. The SMILES string of the molecule is CN(C)C(=O)Cc1ccc(NC(=S)NC(=O)c2ccco2)cc1. The van der Waals surface area contributed by atoms with Gasteiger partial charge in [-0.3, -0.25) is 14.9 Å². The zero-order valence-electron chi connectivity index (χ0n) is 12.8. The number of anilines is 1. The molecular formula is C16H17N3O3S. The largest absolute Gasteiger partial charge is 0.459 e. The zero-order chi connectivity index (χ0) is 16.8. The molecular weight excluding hydrogens is 314 g/mol. The quantitative estimate of drug-likeness (QED) is 0.839. The predicted octanol–water partition coefficient (Wildman–Crippen LogP) is 2.04. The van der Waals surface area contributed by atoms with Gasteiger partial charge >= 0.3 is 0 Å². The van der Waals surface area contributed by atoms with E-state index in [2.05, 4.69) is 10.6 Å². The number of furan rings is 1. The molecule has 0 aliphatic rings. The van der Waals surface area contributed by atoms with Gasteiger partial charge in [-0.1, -0.05) is 12.1 Å². The Morgan fingerprint density at radius 1 is 1.17 bits per heavy atom. The number of hydrogen-bond acceptors (Lipinski definition) is 4. The molecule has 120 valence electrons. The lowest BCUT2D eigenvalue weighted by molar-refractivity contribution is -0.127. The van der Waals surface area contributed by atoms with Gasteiger partial charge in [-0.25, -0.2) is 0 Å². The Kier molecular flexibility index (Phi) is 5.48. The fraction of sp³-hybridized carbons (Fsp3) is 0.188. The van der Waals surface area contributed by atoms with Crippen LogP contribution in [0.1, 0.15) is 16.1 Å². The van der Waals surface area contributed by atoms with E-state index in [1.54, 1.807) is 43.3 Å². The van der Waals surface area contributed by atoms with Crippen LogP contribution in [0.4, 0.5) is 5.69 Å². The fourth-order valence-electron chi connectivity index (χ4n) is 1.77. The number of carbonyl (C=O) groups excluding carboxylic acids is 2. The molecule has 0 aliphatic carbocycles. The second-order valence-electron chi connectivity index (χ2n) is 5.05.